The second-order valence-corrected chi connectivity index (χ2v) is 7.73. The minimum atomic E-state index is -0.477. The van der Waals surface area contributed by atoms with Gasteiger partial charge in [0.25, 0.3) is 0 Å². The Balaban J connectivity index is 2.17. The molecule has 0 radical (unpaired) electrons. The second-order valence-electron chi connectivity index (χ2n) is 7.73. The number of hydrogen-bond donors (Lipinski definition) is 2. The Morgan fingerprint density at radius 3 is 2.55 bits per heavy atom. The van der Waals surface area contributed by atoms with Crippen molar-refractivity contribution < 1.29 is 9.53 Å². The number of ether oxygens (including phenoxy) is 1. The normalized spacial score (nSPS) is 18.5. The van der Waals surface area contributed by atoms with E-state index in [1.54, 1.807) is 0 Å². The third-order valence-electron chi connectivity index (χ3n) is 3.89. The van der Waals surface area contributed by atoms with Crippen LogP contribution in [0.3, 0.4) is 0 Å². The first kappa shape index (κ1) is 16.8. The van der Waals surface area contributed by atoms with E-state index in [-0.39, 0.29) is 17.7 Å². The zero-order valence-corrected chi connectivity index (χ0v) is 14.3. The van der Waals surface area contributed by atoms with Gasteiger partial charge in [-0.3, -0.25) is 0 Å². The molecule has 2 rings (SSSR count). The molecule has 1 aromatic carbocycles. The number of aryl methyl sites for hydroxylation is 1. The molecule has 0 spiro atoms. The van der Waals surface area contributed by atoms with Gasteiger partial charge in [0.05, 0.1) is 6.04 Å². The van der Waals surface area contributed by atoms with Gasteiger partial charge in [0.1, 0.15) is 5.60 Å². The molecule has 4 nitrogen and oxygen atoms in total. The average molecular weight is 304 g/mol. The zero-order chi connectivity index (χ0) is 16.5. The van der Waals surface area contributed by atoms with Gasteiger partial charge in [-0.1, -0.05) is 18.2 Å². The molecule has 0 heterocycles. The fourth-order valence-electron chi connectivity index (χ4n) is 2.81. The van der Waals surface area contributed by atoms with Crippen molar-refractivity contribution in [1.82, 2.24) is 5.32 Å². The smallest absolute Gasteiger partial charge is 0.408 e. The van der Waals surface area contributed by atoms with Gasteiger partial charge in [0.15, 0.2) is 0 Å². The lowest BCUT2D eigenvalue weighted by Crippen LogP contribution is -2.36. The highest BCUT2D eigenvalue weighted by Crippen LogP contribution is 2.32. The minimum Gasteiger partial charge on any atom is -0.444 e. The molecule has 1 unspecified atom stereocenters. The molecule has 1 atom stereocenters. The summed E-state index contributed by atoms with van der Waals surface area (Å²) < 4.78 is 5.36. The van der Waals surface area contributed by atoms with Crippen molar-refractivity contribution in [3.63, 3.8) is 0 Å². The number of carbonyl (C=O) groups excluding carboxylic acids is 1. The van der Waals surface area contributed by atoms with Gasteiger partial charge in [-0.15, -0.1) is 0 Å². The van der Waals surface area contributed by atoms with Crippen LogP contribution in [0.5, 0.6) is 0 Å². The van der Waals surface area contributed by atoms with Crippen molar-refractivity contribution in [2.24, 2.45) is 5.73 Å². The Labute approximate surface area is 133 Å². The highest BCUT2D eigenvalue weighted by Gasteiger charge is 2.26. The molecular formula is C18H28N2O2. The lowest BCUT2D eigenvalue weighted by atomic mass is 9.84. The van der Waals surface area contributed by atoms with Gasteiger partial charge in [-0.25, -0.2) is 4.79 Å². The third-order valence-corrected chi connectivity index (χ3v) is 3.89. The molecule has 1 aromatic rings. The monoisotopic (exact) mass is 304 g/mol. The molecule has 0 aliphatic heterocycles. The van der Waals surface area contributed by atoms with Crippen molar-refractivity contribution in [2.75, 3.05) is 0 Å². The van der Waals surface area contributed by atoms with E-state index in [9.17, 15) is 4.79 Å². The maximum atomic E-state index is 12.0. The molecular weight excluding hydrogens is 276 g/mol. The summed E-state index contributed by atoms with van der Waals surface area (Å²) in [5.74, 6) is 0. The van der Waals surface area contributed by atoms with Crippen molar-refractivity contribution in [2.45, 2.75) is 71.1 Å². The number of rotatable bonds is 2. The number of nitrogens with one attached hydrogen (secondary N) is 1. The fourth-order valence-corrected chi connectivity index (χ4v) is 2.81. The van der Waals surface area contributed by atoms with E-state index in [1.165, 1.54) is 11.1 Å². The molecule has 4 heteroatoms. The van der Waals surface area contributed by atoms with E-state index in [0.29, 0.717) is 0 Å². The van der Waals surface area contributed by atoms with Crippen LogP contribution in [0.1, 0.15) is 70.2 Å². The lowest BCUT2D eigenvalue weighted by molar-refractivity contribution is 0.0498. The number of alkyl carbamates (subject to hydrolysis) is 1. The van der Waals surface area contributed by atoms with Crippen LogP contribution < -0.4 is 11.1 Å². The van der Waals surface area contributed by atoms with E-state index in [1.807, 2.05) is 34.6 Å². The second kappa shape index (κ2) is 5.92. The van der Waals surface area contributed by atoms with Crippen molar-refractivity contribution >= 4 is 6.09 Å². The Kier molecular flexibility index (Phi) is 4.52. The average Bonchev–Trinajstić information content (AvgIpc) is 2.35. The van der Waals surface area contributed by atoms with Crippen LogP contribution in [-0.4, -0.2) is 11.7 Å². The van der Waals surface area contributed by atoms with Gasteiger partial charge in [-0.2, -0.15) is 0 Å². The Hall–Kier alpha value is -1.55. The Morgan fingerprint density at radius 2 is 1.95 bits per heavy atom. The van der Waals surface area contributed by atoms with Crippen molar-refractivity contribution in [1.29, 1.82) is 0 Å². The molecule has 1 aliphatic rings. The molecule has 22 heavy (non-hydrogen) atoms. The predicted molar refractivity (Wildman–Crippen MR) is 88.7 cm³/mol. The van der Waals surface area contributed by atoms with Crippen LogP contribution in [0.2, 0.25) is 0 Å². The molecule has 1 amide bonds. The summed E-state index contributed by atoms with van der Waals surface area (Å²) >= 11 is 0. The quantitative estimate of drug-likeness (QED) is 0.874. The Morgan fingerprint density at radius 1 is 1.27 bits per heavy atom. The molecule has 0 saturated carbocycles. The van der Waals surface area contributed by atoms with Crippen molar-refractivity contribution in [3.05, 3.63) is 34.9 Å². The topological polar surface area (TPSA) is 64.3 Å². The van der Waals surface area contributed by atoms with Crippen LogP contribution >= 0.6 is 0 Å². The third kappa shape index (κ3) is 4.23. The minimum absolute atomic E-state index is 0.0218. The van der Waals surface area contributed by atoms with E-state index >= 15 is 0 Å². The molecule has 3 N–H and O–H groups in total. The maximum absolute atomic E-state index is 12.0. The summed E-state index contributed by atoms with van der Waals surface area (Å²) in [7, 11) is 0. The van der Waals surface area contributed by atoms with Gasteiger partial charge >= 0.3 is 6.09 Å². The Bertz CT molecular complexity index is 553. The predicted octanol–water partition coefficient (Wildman–Crippen LogP) is 3.78. The van der Waals surface area contributed by atoms with Crippen LogP contribution in [0.25, 0.3) is 0 Å². The lowest BCUT2D eigenvalue weighted by Gasteiger charge is -2.30. The summed E-state index contributed by atoms with van der Waals surface area (Å²) in [6, 6.07) is 6.36. The zero-order valence-electron chi connectivity index (χ0n) is 14.3. The van der Waals surface area contributed by atoms with Gasteiger partial charge in [0.2, 0.25) is 0 Å². The number of amides is 1. The maximum Gasteiger partial charge on any atom is 0.408 e. The van der Waals surface area contributed by atoms with Crippen LogP contribution in [0.4, 0.5) is 4.79 Å². The largest absolute Gasteiger partial charge is 0.444 e. The van der Waals surface area contributed by atoms with Gasteiger partial charge in [0, 0.05) is 5.54 Å². The summed E-state index contributed by atoms with van der Waals surface area (Å²) in [6.45, 7) is 9.63. The van der Waals surface area contributed by atoms with E-state index in [0.717, 1.165) is 24.8 Å². The summed E-state index contributed by atoms with van der Waals surface area (Å²) in [6.07, 6.45) is 2.68. The summed E-state index contributed by atoms with van der Waals surface area (Å²) in [5, 5.41) is 3.00. The molecule has 0 bridgehead atoms. The first-order chi connectivity index (χ1) is 10.1. The standard InChI is InChI=1S/C18H28N2O2/c1-17(2,3)22-16(21)20-15-8-6-7-12-11-13(18(4,5)19)9-10-14(12)15/h9-11,15H,6-8,19H2,1-5H3,(H,20,21). The summed E-state index contributed by atoms with van der Waals surface area (Å²) in [5.41, 5.74) is 8.96. The number of fused-ring (bicyclic) bond motifs is 1. The highest BCUT2D eigenvalue weighted by atomic mass is 16.6. The van der Waals surface area contributed by atoms with Crippen molar-refractivity contribution in [3.8, 4) is 0 Å². The first-order valence-corrected chi connectivity index (χ1v) is 7.98. The fraction of sp³-hybridized carbons (Fsp3) is 0.611. The molecule has 122 valence electrons. The number of hydrogen-bond acceptors (Lipinski definition) is 3. The number of nitrogens with two attached hydrogens (primary N) is 1. The van der Waals surface area contributed by atoms with Crippen LogP contribution in [-0.2, 0) is 16.7 Å². The van der Waals surface area contributed by atoms with E-state index in [2.05, 4.69) is 23.5 Å². The van der Waals surface area contributed by atoms with E-state index < -0.39 is 5.60 Å². The van der Waals surface area contributed by atoms with Gasteiger partial charge < -0.3 is 15.8 Å². The summed E-state index contributed by atoms with van der Waals surface area (Å²) in [4.78, 5) is 12.0. The first-order valence-electron chi connectivity index (χ1n) is 7.98. The molecule has 0 saturated heterocycles. The van der Waals surface area contributed by atoms with Gasteiger partial charge in [-0.05, 0) is 70.6 Å². The van der Waals surface area contributed by atoms with E-state index in [4.69, 9.17) is 10.5 Å². The number of benzene rings is 1. The molecule has 0 aromatic heterocycles. The van der Waals surface area contributed by atoms with Crippen LogP contribution in [0, 0.1) is 0 Å². The van der Waals surface area contributed by atoms with Crippen LogP contribution in [0.15, 0.2) is 18.2 Å². The molecule has 1 aliphatic carbocycles. The molecule has 0 fully saturated rings. The highest BCUT2D eigenvalue weighted by molar-refractivity contribution is 5.68. The number of carbonyl (C=O) groups is 1. The SMILES string of the molecule is CC(C)(C)OC(=O)NC1CCCc2cc(C(C)(C)N)ccc21.